The van der Waals surface area contributed by atoms with E-state index in [1.54, 1.807) is 13.8 Å². The van der Waals surface area contributed by atoms with Crippen LogP contribution in [-0.2, 0) is 0 Å². The summed E-state index contributed by atoms with van der Waals surface area (Å²) >= 11 is 0. The highest BCUT2D eigenvalue weighted by Crippen LogP contribution is 2.41. The lowest BCUT2D eigenvalue weighted by Crippen LogP contribution is -2.33. The topological polar surface area (TPSA) is 104 Å². The zero-order chi connectivity index (χ0) is 12.8. The van der Waals surface area contributed by atoms with Crippen molar-refractivity contribution in [2.75, 3.05) is 10.6 Å². The van der Waals surface area contributed by atoms with Crippen LogP contribution < -0.4 is 10.6 Å². The van der Waals surface area contributed by atoms with E-state index in [1.165, 1.54) is 6.07 Å². The van der Waals surface area contributed by atoms with Gasteiger partial charge in [0.15, 0.2) is 0 Å². The number of aromatic carboxylic acids is 1. The number of benzene rings is 1. The summed E-state index contributed by atoms with van der Waals surface area (Å²) in [7, 11) is 0. The van der Waals surface area contributed by atoms with E-state index in [0.717, 1.165) is 6.07 Å². The molecule has 1 aliphatic heterocycles. The van der Waals surface area contributed by atoms with Gasteiger partial charge in [0.05, 0.1) is 16.2 Å². The molecule has 0 aliphatic carbocycles. The zero-order valence-corrected chi connectivity index (χ0v) is 9.27. The van der Waals surface area contributed by atoms with Crippen molar-refractivity contribution in [3.8, 4) is 0 Å². The quantitative estimate of drug-likeness (QED) is 0.535. The van der Waals surface area contributed by atoms with Crippen molar-refractivity contribution < 1.29 is 14.8 Å². The van der Waals surface area contributed by atoms with E-state index in [2.05, 4.69) is 10.6 Å². The smallest absolute Gasteiger partial charge is 0.336 e. The first kappa shape index (κ1) is 11.2. The normalized spacial score (nSPS) is 15.6. The summed E-state index contributed by atoms with van der Waals surface area (Å²) in [6.45, 7) is 3.61. The van der Waals surface area contributed by atoms with E-state index in [4.69, 9.17) is 5.11 Å². The molecular formula is C10H11N3O4. The first-order chi connectivity index (χ1) is 7.80. The summed E-state index contributed by atoms with van der Waals surface area (Å²) in [4.78, 5) is 21.2. The van der Waals surface area contributed by atoms with Gasteiger partial charge in [0.1, 0.15) is 11.4 Å². The van der Waals surface area contributed by atoms with Crippen molar-refractivity contribution in [2.24, 2.45) is 0 Å². The summed E-state index contributed by atoms with van der Waals surface area (Å²) in [5.41, 5.74) is -0.128. The molecule has 0 amide bonds. The van der Waals surface area contributed by atoms with Gasteiger partial charge >= 0.3 is 5.97 Å². The Labute approximate surface area is 96.6 Å². The molecule has 0 radical (unpaired) electrons. The maximum absolute atomic E-state index is 10.9. The van der Waals surface area contributed by atoms with Crippen LogP contribution in [0.25, 0.3) is 0 Å². The predicted octanol–water partition coefficient (Wildman–Crippen LogP) is 1.87. The molecular weight excluding hydrogens is 226 g/mol. The van der Waals surface area contributed by atoms with Gasteiger partial charge in [-0.15, -0.1) is 0 Å². The highest BCUT2D eigenvalue weighted by Gasteiger charge is 2.33. The monoisotopic (exact) mass is 237 g/mol. The molecule has 0 spiro atoms. The van der Waals surface area contributed by atoms with Crippen LogP contribution in [0, 0.1) is 10.1 Å². The van der Waals surface area contributed by atoms with Crippen LogP contribution in [0.4, 0.5) is 17.1 Å². The Bertz CT molecular complexity index is 525. The average molecular weight is 237 g/mol. The number of hydrogen-bond acceptors (Lipinski definition) is 5. The van der Waals surface area contributed by atoms with Crippen LogP contribution in [0.2, 0.25) is 0 Å². The maximum atomic E-state index is 10.9. The van der Waals surface area contributed by atoms with Crippen LogP contribution >= 0.6 is 0 Å². The lowest BCUT2D eigenvalue weighted by Gasteiger charge is -2.19. The van der Waals surface area contributed by atoms with E-state index in [0.29, 0.717) is 11.4 Å². The Morgan fingerprint density at radius 2 is 2.06 bits per heavy atom. The highest BCUT2D eigenvalue weighted by atomic mass is 16.6. The first-order valence-corrected chi connectivity index (χ1v) is 4.92. The molecule has 7 heteroatoms. The SMILES string of the molecule is CC1(C)Nc2cc(C(=O)O)cc([N+](=O)[O-])c2N1. The number of anilines is 2. The number of rotatable bonds is 2. The Kier molecular flexibility index (Phi) is 2.20. The Balaban J connectivity index is 2.62. The molecule has 0 saturated carbocycles. The molecule has 1 aromatic rings. The Morgan fingerprint density at radius 1 is 1.41 bits per heavy atom. The minimum atomic E-state index is -1.19. The molecule has 2 rings (SSSR count). The van der Waals surface area contributed by atoms with Gasteiger partial charge in [0.25, 0.3) is 5.69 Å². The van der Waals surface area contributed by atoms with E-state index in [1.807, 2.05) is 0 Å². The third-order valence-electron chi connectivity index (χ3n) is 2.45. The molecule has 17 heavy (non-hydrogen) atoms. The standard InChI is InChI=1S/C10H11N3O4/c1-10(2)11-6-3-5(9(14)15)4-7(13(16)17)8(6)12-10/h3-4,11-12H,1-2H3,(H,14,15). The van der Waals surface area contributed by atoms with Crippen molar-refractivity contribution in [2.45, 2.75) is 19.5 Å². The van der Waals surface area contributed by atoms with Gasteiger partial charge in [0.2, 0.25) is 0 Å². The molecule has 7 nitrogen and oxygen atoms in total. The lowest BCUT2D eigenvalue weighted by atomic mass is 10.1. The molecule has 3 N–H and O–H groups in total. The molecule has 1 aromatic carbocycles. The number of carboxylic acids is 1. The number of fused-ring (bicyclic) bond motifs is 1. The summed E-state index contributed by atoms with van der Waals surface area (Å²) < 4.78 is 0. The highest BCUT2D eigenvalue weighted by molar-refractivity contribution is 5.95. The van der Waals surface area contributed by atoms with Gasteiger partial charge in [-0.1, -0.05) is 0 Å². The fourth-order valence-corrected chi connectivity index (χ4v) is 1.80. The van der Waals surface area contributed by atoms with Crippen molar-refractivity contribution >= 4 is 23.0 Å². The van der Waals surface area contributed by atoms with Gasteiger partial charge in [-0.25, -0.2) is 4.79 Å². The van der Waals surface area contributed by atoms with Crippen LogP contribution in [0.3, 0.4) is 0 Å². The van der Waals surface area contributed by atoms with E-state index in [-0.39, 0.29) is 11.3 Å². The number of carbonyl (C=O) groups is 1. The van der Waals surface area contributed by atoms with E-state index in [9.17, 15) is 14.9 Å². The second-order valence-corrected chi connectivity index (χ2v) is 4.36. The second kappa shape index (κ2) is 3.34. The molecule has 0 bridgehead atoms. The maximum Gasteiger partial charge on any atom is 0.336 e. The van der Waals surface area contributed by atoms with Gasteiger partial charge in [-0.05, 0) is 19.9 Å². The number of nitrogens with zero attached hydrogens (tertiary/aromatic N) is 1. The van der Waals surface area contributed by atoms with Crippen molar-refractivity contribution in [1.29, 1.82) is 0 Å². The van der Waals surface area contributed by atoms with Gasteiger partial charge in [-0.3, -0.25) is 10.1 Å². The zero-order valence-electron chi connectivity index (χ0n) is 9.27. The summed E-state index contributed by atoms with van der Waals surface area (Å²) in [6, 6.07) is 2.43. The Hall–Kier alpha value is -2.31. The fraction of sp³-hybridized carbons (Fsp3) is 0.300. The summed E-state index contributed by atoms with van der Waals surface area (Å²) in [5, 5.41) is 25.7. The minimum absolute atomic E-state index is 0.109. The van der Waals surface area contributed by atoms with Crippen LogP contribution in [0.1, 0.15) is 24.2 Å². The Morgan fingerprint density at radius 3 is 2.59 bits per heavy atom. The molecule has 1 aliphatic rings. The van der Waals surface area contributed by atoms with Crippen LogP contribution in [0.5, 0.6) is 0 Å². The van der Waals surface area contributed by atoms with Crippen molar-refractivity contribution in [3.63, 3.8) is 0 Å². The van der Waals surface area contributed by atoms with Crippen molar-refractivity contribution in [3.05, 3.63) is 27.8 Å². The number of nitrogens with one attached hydrogen (secondary N) is 2. The molecule has 0 atom stereocenters. The number of carboxylic acid groups (broad SMARTS) is 1. The number of nitro groups is 1. The van der Waals surface area contributed by atoms with Gasteiger partial charge in [-0.2, -0.15) is 0 Å². The second-order valence-electron chi connectivity index (χ2n) is 4.36. The molecule has 90 valence electrons. The third-order valence-corrected chi connectivity index (χ3v) is 2.45. The van der Waals surface area contributed by atoms with E-state index >= 15 is 0 Å². The number of nitro benzene ring substituents is 1. The summed E-state index contributed by atoms with van der Waals surface area (Å²) in [5.74, 6) is -1.19. The first-order valence-electron chi connectivity index (χ1n) is 4.92. The van der Waals surface area contributed by atoms with E-state index < -0.39 is 16.6 Å². The minimum Gasteiger partial charge on any atom is -0.478 e. The third kappa shape index (κ3) is 1.86. The van der Waals surface area contributed by atoms with Crippen LogP contribution in [-0.4, -0.2) is 21.7 Å². The molecule has 1 heterocycles. The molecule has 0 unspecified atom stereocenters. The molecule has 0 aromatic heterocycles. The summed E-state index contributed by atoms with van der Waals surface area (Å²) in [6.07, 6.45) is 0. The lowest BCUT2D eigenvalue weighted by molar-refractivity contribution is -0.383. The van der Waals surface area contributed by atoms with Gasteiger partial charge < -0.3 is 15.7 Å². The van der Waals surface area contributed by atoms with Gasteiger partial charge in [0, 0.05) is 6.07 Å². The van der Waals surface area contributed by atoms with Crippen LogP contribution in [0.15, 0.2) is 12.1 Å². The largest absolute Gasteiger partial charge is 0.478 e. The molecule has 0 saturated heterocycles. The number of hydrogen-bond donors (Lipinski definition) is 3. The van der Waals surface area contributed by atoms with Crippen molar-refractivity contribution in [1.82, 2.24) is 0 Å². The predicted molar refractivity (Wildman–Crippen MR) is 61.4 cm³/mol. The average Bonchev–Trinajstić information content (AvgIpc) is 2.49. The molecule has 0 fully saturated rings. The fourth-order valence-electron chi connectivity index (χ4n) is 1.80.